The Morgan fingerprint density at radius 1 is 1.23 bits per heavy atom. The number of hydrogen-bond donors (Lipinski definition) is 1. The second kappa shape index (κ2) is 6.77. The second-order valence-corrected chi connectivity index (χ2v) is 5.32. The van der Waals surface area contributed by atoms with Crippen molar-refractivity contribution in [2.24, 2.45) is 5.92 Å². The zero-order valence-electron chi connectivity index (χ0n) is 12.7. The molecular weight excluding hydrogens is 276 g/mol. The summed E-state index contributed by atoms with van der Waals surface area (Å²) in [5, 5.41) is 18.1. The summed E-state index contributed by atoms with van der Waals surface area (Å²) in [7, 11) is 1.87. The van der Waals surface area contributed by atoms with Gasteiger partial charge in [-0.25, -0.2) is 0 Å². The fraction of sp³-hybridized carbons (Fsp3) is 0.222. The van der Waals surface area contributed by atoms with Crippen LogP contribution in [0.3, 0.4) is 0 Å². The van der Waals surface area contributed by atoms with Crippen LogP contribution >= 0.6 is 0 Å². The van der Waals surface area contributed by atoms with Gasteiger partial charge >= 0.3 is 5.97 Å². The summed E-state index contributed by atoms with van der Waals surface area (Å²) in [6.07, 6.45) is 0. The molecular formula is C18H18N2O2. The van der Waals surface area contributed by atoms with Crippen molar-refractivity contribution in [2.45, 2.75) is 6.92 Å². The van der Waals surface area contributed by atoms with Crippen molar-refractivity contribution in [2.75, 3.05) is 18.5 Å². The van der Waals surface area contributed by atoms with E-state index in [4.69, 9.17) is 10.4 Å². The fourth-order valence-corrected chi connectivity index (χ4v) is 2.32. The monoisotopic (exact) mass is 294 g/mol. The molecule has 0 aliphatic carbocycles. The van der Waals surface area contributed by atoms with Gasteiger partial charge < -0.3 is 10.0 Å². The number of anilines is 1. The lowest BCUT2D eigenvalue weighted by Crippen LogP contribution is -2.28. The maximum atomic E-state index is 10.9. The molecule has 4 heteroatoms. The van der Waals surface area contributed by atoms with Gasteiger partial charge in [0, 0.05) is 19.3 Å². The lowest BCUT2D eigenvalue weighted by molar-refractivity contribution is -0.140. The molecule has 1 unspecified atom stereocenters. The van der Waals surface area contributed by atoms with Crippen LogP contribution in [0.5, 0.6) is 0 Å². The third-order valence-corrected chi connectivity index (χ3v) is 3.64. The first-order valence-electron chi connectivity index (χ1n) is 7.06. The minimum Gasteiger partial charge on any atom is -0.481 e. The van der Waals surface area contributed by atoms with Crippen molar-refractivity contribution in [3.8, 4) is 17.2 Å². The Kier molecular flexibility index (Phi) is 4.80. The molecule has 112 valence electrons. The van der Waals surface area contributed by atoms with E-state index in [0.717, 1.165) is 16.8 Å². The van der Waals surface area contributed by atoms with E-state index in [1.165, 1.54) is 0 Å². The highest BCUT2D eigenvalue weighted by atomic mass is 16.4. The molecule has 0 saturated heterocycles. The smallest absolute Gasteiger partial charge is 0.308 e. The summed E-state index contributed by atoms with van der Waals surface area (Å²) >= 11 is 0. The summed E-state index contributed by atoms with van der Waals surface area (Å²) in [6.45, 7) is 2.14. The highest BCUT2D eigenvalue weighted by Gasteiger charge is 2.14. The first-order valence-corrected chi connectivity index (χ1v) is 7.06. The second-order valence-electron chi connectivity index (χ2n) is 5.32. The molecule has 0 bridgehead atoms. The van der Waals surface area contributed by atoms with Gasteiger partial charge in [-0.05, 0) is 29.3 Å². The van der Waals surface area contributed by atoms with Crippen LogP contribution in [0.25, 0.3) is 11.1 Å². The molecule has 0 aromatic heterocycles. The summed E-state index contributed by atoms with van der Waals surface area (Å²) in [5.41, 5.74) is 3.47. The Labute approximate surface area is 130 Å². The quantitative estimate of drug-likeness (QED) is 0.918. The van der Waals surface area contributed by atoms with Crippen molar-refractivity contribution in [3.63, 3.8) is 0 Å². The largest absolute Gasteiger partial charge is 0.481 e. The van der Waals surface area contributed by atoms with E-state index in [2.05, 4.69) is 6.07 Å². The van der Waals surface area contributed by atoms with Crippen LogP contribution in [0.4, 0.5) is 5.69 Å². The molecule has 22 heavy (non-hydrogen) atoms. The summed E-state index contributed by atoms with van der Waals surface area (Å²) in [6, 6.07) is 17.5. The van der Waals surface area contributed by atoms with Crippen LogP contribution in [0.15, 0.2) is 48.5 Å². The van der Waals surface area contributed by atoms with Crippen molar-refractivity contribution in [1.82, 2.24) is 0 Å². The van der Waals surface area contributed by atoms with Crippen molar-refractivity contribution in [1.29, 1.82) is 5.26 Å². The maximum absolute atomic E-state index is 10.9. The summed E-state index contributed by atoms with van der Waals surface area (Å²) in [4.78, 5) is 12.8. The SMILES string of the molecule is CC(CN(C)c1ccc(-c2ccccc2C#N)cc1)C(=O)O. The summed E-state index contributed by atoms with van der Waals surface area (Å²) in [5.74, 6) is -1.23. The van der Waals surface area contributed by atoms with Gasteiger partial charge in [-0.3, -0.25) is 4.79 Å². The fourth-order valence-electron chi connectivity index (χ4n) is 2.32. The Hall–Kier alpha value is -2.80. The van der Waals surface area contributed by atoms with E-state index in [9.17, 15) is 4.79 Å². The minimum atomic E-state index is -0.800. The number of carboxylic acid groups (broad SMARTS) is 1. The van der Waals surface area contributed by atoms with Crippen LogP contribution in [0.2, 0.25) is 0 Å². The van der Waals surface area contributed by atoms with Gasteiger partial charge in [0.2, 0.25) is 0 Å². The molecule has 0 aliphatic heterocycles. The minimum absolute atomic E-state index is 0.427. The molecule has 2 aromatic rings. The maximum Gasteiger partial charge on any atom is 0.308 e. The number of nitriles is 1. The molecule has 0 spiro atoms. The highest BCUT2D eigenvalue weighted by Crippen LogP contribution is 2.25. The van der Waals surface area contributed by atoms with Gasteiger partial charge in [-0.2, -0.15) is 5.26 Å². The molecule has 0 amide bonds. The highest BCUT2D eigenvalue weighted by molar-refractivity contribution is 5.73. The van der Waals surface area contributed by atoms with Gasteiger partial charge in [-0.1, -0.05) is 37.3 Å². The predicted molar refractivity (Wildman–Crippen MR) is 86.7 cm³/mol. The third kappa shape index (κ3) is 3.44. The molecule has 0 saturated carbocycles. The van der Waals surface area contributed by atoms with Crippen molar-refractivity contribution < 1.29 is 9.90 Å². The van der Waals surface area contributed by atoms with Crippen LogP contribution in [-0.4, -0.2) is 24.7 Å². The molecule has 0 fully saturated rings. The Morgan fingerprint density at radius 3 is 2.45 bits per heavy atom. The zero-order chi connectivity index (χ0) is 16.1. The Morgan fingerprint density at radius 2 is 1.86 bits per heavy atom. The number of carboxylic acids is 1. The van der Waals surface area contributed by atoms with Gasteiger partial charge in [0.1, 0.15) is 0 Å². The number of carbonyl (C=O) groups is 1. The first kappa shape index (κ1) is 15.6. The third-order valence-electron chi connectivity index (χ3n) is 3.64. The van der Waals surface area contributed by atoms with E-state index in [0.29, 0.717) is 12.1 Å². The standard InChI is InChI=1S/C18H18N2O2/c1-13(18(21)22)12-20(2)16-9-7-14(8-10-16)17-6-4-3-5-15(17)11-19/h3-10,13H,12H2,1-2H3,(H,21,22). The molecule has 2 aromatic carbocycles. The Balaban J connectivity index is 2.20. The number of benzene rings is 2. The van der Waals surface area contributed by atoms with E-state index >= 15 is 0 Å². The predicted octanol–water partition coefficient (Wildman–Crippen LogP) is 3.38. The molecule has 4 nitrogen and oxygen atoms in total. The Bertz CT molecular complexity index is 702. The summed E-state index contributed by atoms with van der Waals surface area (Å²) < 4.78 is 0. The van der Waals surface area contributed by atoms with Crippen LogP contribution in [0, 0.1) is 17.2 Å². The lowest BCUT2D eigenvalue weighted by Gasteiger charge is -2.21. The van der Waals surface area contributed by atoms with E-state index in [-0.39, 0.29) is 0 Å². The average Bonchev–Trinajstić information content (AvgIpc) is 2.54. The first-order chi connectivity index (χ1) is 10.5. The molecule has 2 rings (SSSR count). The van der Waals surface area contributed by atoms with Gasteiger partial charge in [-0.15, -0.1) is 0 Å². The van der Waals surface area contributed by atoms with Crippen LogP contribution in [-0.2, 0) is 4.79 Å². The van der Waals surface area contributed by atoms with Crippen LogP contribution in [0.1, 0.15) is 12.5 Å². The van der Waals surface area contributed by atoms with Crippen molar-refractivity contribution in [3.05, 3.63) is 54.1 Å². The van der Waals surface area contributed by atoms with E-state index in [1.807, 2.05) is 54.4 Å². The molecule has 1 atom stereocenters. The van der Waals surface area contributed by atoms with E-state index in [1.54, 1.807) is 13.0 Å². The number of aliphatic carboxylic acids is 1. The van der Waals surface area contributed by atoms with Crippen LogP contribution < -0.4 is 4.90 Å². The number of nitrogens with zero attached hydrogens (tertiary/aromatic N) is 2. The van der Waals surface area contributed by atoms with E-state index < -0.39 is 11.9 Å². The van der Waals surface area contributed by atoms with Gasteiger partial charge in [0.15, 0.2) is 0 Å². The molecule has 1 N–H and O–H groups in total. The zero-order valence-corrected chi connectivity index (χ0v) is 12.7. The average molecular weight is 294 g/mol. The molecule has 0 radical (unpaired) electrons. The number of rotatable bonds is 5. The topological polar surface area (TPSA) is 64.3 Å². The van der Waals surface area contributed by atoms with Gasteiger partial charge in [0.05, 0.1) is 17.6 Å². The normalized spacial score (nSPS) is 11.5. The molecule has 0 aliphatic rings. The lowest BCUT2D eigenvalue weighted by atomic mass is 10.00. The molecule has 0 heterocycles. The van der Waals surface area contributed by atoms with Crippen molar-refractivity contribution >= 4 is 11.7 Å². The number of hydrogen-bond acceptors (Lipinski definition) is 3. The van der Waals surface area contributed by atoms with Gasteiger partial charge in [0.25, 0.3) is 0 Å².